The second-order valence-electron chi connectivity index (χ2n) is 5.79. The molecule has 3 rings (SSSR count). The van der Waals surface area contributed by atoms with Gasteiger partial charge in [0.05, 0.1) is 13.2 Å². The molecule has 0 amide bonds. The number of hydrogen-bond acceptors (Lipinski definition) is 3. The van der Waals surface area contributed by atoms with E-state index in [-0.39, 0.29) is 11.7 Å². The first kappa shape index (κ1) is 16.1. The number of nitrogens with zero attached hydrogens (tertiary/aromatic N) is 2. The van der Waals surface area contributed by atoms with Gasteiger partial charge in [-0.3, -0.25) is 9.88 Å². The Hall–Kier alpha value is -1.78. The predicted octanol–water partition coefficient (Wildman–Crippen LogP) is 3.28. The van der Waals surface area contributed by atoms with Crippen LogP contribution in [0.4, 0.5) is 4.39 Å². The second kappa shape index (κ2) is 8.18. The molecule has 1 fully saturated rings. The topological polar surface area (TPSA) is 25.4 Å². The molecule has 0 bridgehead atoms. The van der Waals surface area contributed by atoms with Gasteiger partial charge >= 0.3 is 0 Å². The fourth-order valence-corrected chi connectivity index (χ4v) is 2.95. The van der Waals surface area contributed by atoms with Crippen molar-refractivity contribution in [1.29, 1.82) is 0 Å². The third kappa shape index (κ3) is 4.60. The summed E-state index contributed by atoms with van der Waals surface area (Å²) in [5, 5.41) is 0. The highest BCUT2D eigenvalue weighted by Crippen LogP contribution is 2.28. The lowest BCUT2D eigenvalue weighted by atomic mass is 9.88. The quantitative estimate of drug-likeness (QED) is 0.818. The zero-order chi connectivity index (χ0) is 15.9. The highest BCUT2D eigenvalue weighted by molar-refractivity contribution is 5.34. The van der Waals surface area contributed by atoms with Crippen LogP contribution in [0, 0.1) is 12.2 Å². The van der Waals surface area contributed by atoms with E-state index in [0.29, 0.717) is 0 Å². The van der Waals surface area contributed by atoms with Crippen molar-refractivity contribution in [2.75, 3.05) is 32.8 Å². The van der Waals surface area contributed by atoms with Crippen LogP contribution < -0.4 is 0 Å². The SMILES string of the molecule is Fc1ccc(C([CH]CCN2CCOCC2)c2ccncc2)cc1. The fraction of sp³-hybridized carbons (Fsp3) is 0.368. The highest BCUT2D eigenvalue weighted by atomic mass is 19.1. The molecule has 1 aliphatic rings. The van der Waals surface area contributed by atoms with Gasteiger partial charge in [-0.25, -0.2) is 4.39 Å². The first-order valence-electron chi connectivity index (χ1n) is 8.12. The van der Waals surface area contributed by atoms with Crippen LogP contribution in [0.3, 0.4) is 0 Å². The van der Waals surface area contributed by atoms with Gasteiger partial charge < -0.3 is 4.74 Å². The summed E-state index contributed by atoms with van der Waals surface area (Å²) >= 11 is 0. The lowest BCUT2D eigenvalue weighted by Gasteiger charge is -2.27. The maximum Gasteiger partial charge on any atom is 0.123 e. The molecule has 121 valence electrons. The number of pyridine rings is 1. The summed E-state index contributed by atoms with van der Waals surface area (Å²) in [6, 6.07) is 10.8. The van der Waals surface area contributed by atoms with Gasteiger partial charge in [0, 0.05) is 31.4 Å². The molecule has 1 aliphatic heterocycles. The van der Waals surface area contributed by atoms with Crippen molar-refractivity contribution >= 4 is 0 Å². The number of morpholine rings is 1. The summed E-state index contributed by atoms with van der Waals surface area (Å²) in [5.74, 6) is -0.0322. The molecule has 2 aromatic rings. The minimum atomic E-state index is -0.199. The van der Waals surface area contributed by atoms with Crippen molar-refractivity contribution in [2.45, 2.75) is 12.3 Å². The Morgan fingerprint density at radius 2 is 1.70 bits per heavy atom. The molecule has 2 heterocycles. The van der Waals surface area contributed by atoms with Gasteiger partial charge in [0.25, 0.3) is 0 Å². The number of halogens is 1. The number of aromatic nitrogens is 1. The Bertz CT molecular complexity index is 582. The van der Waals surface area contributed by atoms with E-state index in [4.69, 9.17) is 4.74 Å². The molecule has 0 N–H and O–H groups in total. The normalized spacial score (nSPS) is 17.1. The second-order valence-corrected chi connectivity index (χ2v) is 5.79. The van der Waals surface area contributed by atoms with E-state index in [1.54, 1.807) is 0 Å². The fourth-order valence-electron chi connectivity index (χ4n) is 2.95. The van der Waals surface area contributed by atoms with Crippen molar-refractivity contribution in [3.05, 3.63) is 72.2 Å². The van der Waals surface area contributed by atoms with Crippen LogP contribution in [0.15, 0.2) is 48.8 Å². The number of hydrogen-bond donors (Lipinski definition) is 0. The highest BCUT2D eigenvalue weighted by Gasteiger charge is 2.16. The van der Waals surface area contributed by atoms with Gasteiger partial charge in [-0.1, -0.05) is 12.1 Å². The summed E-state index contributed by atoms with van der Waals surface area (Å²) < 4.78 is 18.6. The molecule has 0 aliphatic carbocycles. The van der Waals surface area contributed by atoms with Crippen molar-refractivity contribution in [3.63, 3.8) is 0 Å². The average molecular weight is 313 g/mol. The van der Waals surface area contributed by atoms with E-state index in [0.717, 1.165) is 44.8 Å². The molecule has 1 unspecified atom stereocenters. The van der Waals surface area contributed by atoms with E-state index in [1.807, 2.05) is 36.7 Å². The Kier molecular flexibility index (Phi) is 5.72. The third-order valence-corrected chi connectivity index (χ3v) is 4.25. The molecular formula is C19H22FN2O. The van der Waals surface area contributed by atoms with E-state index in [9.17, 15) is 4.39 Å². The van der Waals surface area contributed by atoms with Crippen LogP contribution in [-0.4, -0.2) is 42.7 Å². The van der Waals surface area contributed by atoms with Crippen molar-refractivity contribution < 1.29 is 9.13 Å². The van der Waals surface area contributed by atoms with E-state index >= 15 is 0 Å². The predicted molar refractivity (Wildman–Crippen MR) is 88.7 cm³/mol. The number of benzene rings is 1. The van der Waals surface area contributed by atoms with Gasteiger partial charge in [0.2, 0.25) is 0 Å². The summed E-state index contributed by atoms with van der Waals surface area (Å²) in [6.45, 7) is 4.69. The minimum Gasteiger partial charge on any atom is -0.379 e. The first-order valence-corrected chi connectivity index (χ1v) is 8.12. The maximum atomic E-state index is 13.2. The van der Waals surface area contributed by atoms with Gasteiger partial charge in [0.1, 0.15) is 5.82 Å². The molecule has 1 aromatic carbocycles. The standard InChI is InChI=1S/C19H22FN2O/c20-18-5-3-16(4-6-18)19(17-7-9-21-10-8-17)2-1-11-22-12-14-23-15-13-22/h2-10,19H,1,11-15H2. The molecule has 0 spiro atoms. The van der Waals surface area contributed by atoms with Crippen LogP contribution in [-0.2, 0) is 4.74 Å². The molecule has 1 radical (unpaired) electrons. The van der Waals surface area contributed by atoms with Crippen LogP contribution in [0.1, 0.15) is 23.5 Å². The molecule has 1 aromatic heterocycles. The zero-order valence-corrected chi connectivity index (χ0v) is 13.2. The largest absolute Gasteiger partial charge is 0.379 e. The molecule has 4 heteroatoms. The molecular weight excluding hydrogens is 291 g/mol. The lowest BCUT2D eigenvalue weighted by Crippen LogP contribution is -2.36. The van der Waals surface area contributed by atoms with Gasteiger partial charge in [-0.2, -0.15) is 0 Å². The van der Waals surface area contributed by atoms with Gasteiger partial charge in [-0.15, -0.1) is 0 Å². The first-order chi connectivity index (χ1) is 11.3. The monoisotopic (exact) mass is 313 g/mol. The molecule has 3 nitrogen and oxygen atoms in total. The summed E-state index contributed by atoms with van der Waals surface area (Å²) in [5.41, 5.74) is 2.30. The average Bonchev–Trinajstić information content (AvgIpc) is 2.61. The van der Waals surface area contributed by atoms with Crippen molar-refractivity contribution in [3.8, 4) is 0 Å². The summed E-state index contributed by atoms with van der Waals surface area (Å²) in [7, 11) is 0. The smallest absolute Gasteiger partial charge is 0.123 e. The minimum absolute atomic E-state index is 0.166. The zero-order valence-electron chi connectivity index (χ0n) is 13.2. The number of rotatable bonds is 6. The van der Waals surface area contributed by atoms with Gasteiger partial charge in [0.15, 0.2) is 0 Å². The molecule has 1 saturated heterocycles. The Labute approximate surface area is 137 Å². The molecule has 1 atom stereocenters. The molecule has 23 heavy (non-hydrogen) atoms. The Morgan fingerprint density at radius 3 is 2.39 bits per heavy atom. The molecule has 0 saturated carbocycles. The lowest BCUT2D eigenvalue weighted by molar-refractivity contribution is 0.0382. The summed E-state index contributed by atoms with van der Waals surface area (Å²) in [6.07, 6.45) is 6.92. The van der Waals surface area contributed by atoms with Crippen molar-refractivity contribution in [2.24, 2.45) is 0 Å². The van der Waals surface area contributed by atoms with Crippen LogP contribution in [0.25, 0.3) is 0 Å². The third-order valence-electron chi connectivity index (χ3n) is 4.25. The van der Waals surface area contributed by atoms with Crippen molar-refractivity contribution in [1.82, 2.24) is 9.88 Å². The number of ether oxygens (including phenoxy) is 1. The maximum absolute atomic E-state index is 13.2. The Balaban J connectivity index is 1.66. The van der Waals surface area contributed by atoms with Crippen LogP contribution in [0.5, 0.6) is 0 Å². The van der Waals surface area contributed by atoms with Crippen LogP contribution in [0.2, 0.25) is 0 Å². The Morgan fingerprint density at radius 1 is 1.04 bits per heavy atom. The van der Waals surface area contributed by atoms with E-state index < -0.39 is 0 Å². The van der Waals surface area contributed by atoms with E-state index in [2.05, 4.69) is 16.3 Å². The van der Waals surface area contributed by atoms with Gasteiger partial charge in [-0.05, 0) is 54.8 Å². The van der Waals surface area contributed by atoms with Crippen LogP contribution >= 0.6 is 0 Å². The summed E-state index contributed by atoms with van der Waals surface area (Å²) in [4.78, 5) is 6.52. The van der Waals surface area contributed by atoms with E-state index in [1.165, 1.54) is 17.7 Å².